The summed E-state index contributed by atoms with van der Waals surface area (Å²) in [4.78, 5) is 11.2. The number of nitrogens with one attached hydrogen (secondary N) is 1. The lowest BCUT2D eigenvalue weighted by molar-refractivity contribution is 0.237. The number of methoxy groups -OCH3 is 1. The summed E-state index contributed by atoms with van der Waals surface area (Å²) in [6.07, 6.45) is 5.69. The molecule has 1 N–H and O–H groups in total. The maximum Gasteiger partial charge on any atom is 0.224 e. The topological polar surface area (TPSA) is 50.3 Å². The molecule has 2 aromatic rings. The van der Waals surface area contributed by atoms with Gasteiger partial charge in [-0.3, -0.25) is 0 Å². The van der Waals surface area contributed by atoms with Gasteiger partial charge in [-0.25, -0.2) is 9.97 Å². The maximum absolute atomic E-state index is 6.14. The van der Waals surface area contributed by atoms with Crippen molar-refractivity contribution in [3.8, 4) is 5.75 Å². The minimum atomic E-state index is 0.301. The number of benzene rings is 1. The molecule has 6 heteroatoms. The van der Waals surface area contributed by atoms with Crippen molar-refractivity contribution < 1.29 is 4.74 Å². The summed E-state index contributed by atoms with van der Waals surface area (Å²) in [7, 11) is 1.70. The molecule has 1 aliphatic rings. The van der Waals surface area contributed by atoms with Crippen molar-refractivity contribution in [1.29, 1.82) is 0 Å². The van der Waals surface area contributed by atoms with E-state index in [1.54, 1.807) is 7.11 Å². The summed E-state index contributed by atoms with van der Waals surface area (Å²) in [5, 5.41) is 3.70. The fourth-order valence-electron chi connectivity index (χ4n) is 3.57. The smallest absolute Gasteiger partial charge is 0.224 e. The Hall–Kier alpha value is -1.85. The molecule has 0 amide bonds. The van der Waals surface area contributed by atoms with Crippen LogP contribution in [0.4, 0.5) is 5.82 Å². The average molecular weight is 389 g/mol. The normalized spacial score (nSPS) is 14.9. The predicted octanol–water partition coefficient (Wildman–Crippen LogP) is 4.13. The molecule has 5 nitrogen and oxygen atoms in total. The minimum Gasteiger partial charge on any atom is -0.497 e. The molecule has 27 heavy (non-hydrogen) atoms. The molecule has 0 unspecified atom stereocenters. The number of rotatable bonds is 8. The number of aryl methyl sites for hydroxylation is 3. The summed E-state index contributed by atoms with van der Waals surface area (Å²) in [6.45, 7) is 6.41. The van der Waals surface area contributed by atoms with E-state index in [-0.39, 0.29) is 0 Å². The highest BCUT2D eigenvalue weighted by molar-refractivity contribution is 6.28. The molecule has 146 valence electrons. The SMILES string of the molecule is COc1cc(C)cc(CCc2cc(NCCN3CCCCC3)nc(Cl)n2)c1. The molecule has 1 saturated heterocycles. The molecule has 3 rings (SSSR count). The van der Waals surface area contributed by atoms with Crippen LogP contribution < -0.4 is 10.1 Å². The van der Waals surface area contributed by atoms with E-state index in [4.69, 9.17) is 16.3 Å². The number of piperidine rings is 1. The van der Waals surface area contributed by atoms with Crippen LogP contribution in [0.1, 0.15) is 36.1 Å². The van der Waals surface area contributed by atoms with Gasteiger partial charge in [0.2, 0.25) is 5.28 Å². The van der Waals surface area contributed by atoms with Crippen molar-refractivity contribution >= 4 is 17.4 Å². The van der Waals surface area contributed by atoms with Crippen LogP contribution in [0.15, 0.2) is 24.3 Å². The van der Waals surface area contributed by atoms with Gasteiger partial charge < -0.3 is 15.0 Å². The first kappa shape index (κ1) is 19.9. The third kappa shape index (κ3) is 6.36. The molecular weight excluding hydrogens is 360 g/mol. The van der Waals surface area contributed by atoms with Gasteiger partial charge in [0.1, 0.15) is 11.6 Å². The Morgan fingerprint density at radius 1 is 1.07 bits per heavy atom. The van der Waals surface area contributed by atoms with Gasteiger partial charge >= 0.3 is 0 Å². The van der Waals surface area contributed by atoms with E-state index in [1.807, 2.05) is 12.1 Å². The molecule has 2 heterocycles. The Balaban J connectivity index is 1.55. The predicted molar refractivity (Wildman–Crippen MR) is 111 cm³/mol. The Labute approximate surface area is 167 Å². The number of hydrogen-bond acceptors (Lipinski definition) is 5. The van der Waals surface area contributed by atoms with E-state index < -0.39 is 0 Å². The van der Waals surface area contributed by atoms with Crippen LogP contribution in [-0.2, 0) is 12.8 Å². The van der Waals surface area contributed by atoms with Crippen LogP contribution in [0, 0.1) is 6.92 Å². The second-order valence-corrected chi connectivity index (χ2v) is 7.54. The van der Waals surface area contributed by atoms with E-state index in [2.05, 4.69) is 39.2 Å². The van der Waals surface area contributed by atoms with Crippen molar-refractivity contribution in [2.75, 3.05) is 38.6 Å². The highest BCUT2D eigenvalue weighted by Crippen LogP contribution is 2.19. The van der Waals surface area contributed by atoms with Crippen molar-refractivity contribution in [3.05, 3.63) is 46.4 Å². The van der Waals surface area contributed by atoms with Gasteiger partial charge in [0.25, 0.3) is 0 Å². The number of anilines is 1. The second-order valence-electron chi connectivity index (χ2n) is 7.20. The number of nitrogens with zero attached hydrogens (tertiary/aromatic N) is 3. The Morgan fingerprint density at radius 3 is 2.67 bits per heavy atom. The van der Waals surface area contributed by atoms with E-state index in [1.165, 1.54) is 43.5 Å². The largest absolute Gasteiger partial charge is 0.497 e. The third-order valence-corrected chi connectivity index (χ3v) is 5.12. The Morgan fingerprint density at radius 2 is 1.89 bits per heavy atom. The molecular formula is C21H29ClN4O. The van der Waals surface area contributed by atoms with E-state index in [0.717, 1.165) is 43.2 Å². The Bertz CT molecular complexity index is 747. The average Bonchev–Trinajstić information content (AvgIpc) is 2.66. The first-order valence-electron chi connectivity index (χ1n) is 9.76. The zero-order valence-electron chi connectivity index (χ0n) is 16.3. The minimum absolute atomic E-state index is 0.301. The lowest BCUT2D eigenvalue weighted by Crippen LogP contribution is -2.33. The van der Waals surface area contributed by atoms with Crippen molar-refractivity contribution in [3.63, 3.8) is 0 Å². The van der Waals surface area contributed by atoms with E-state index in [9.17, 15) is 0 Å². The van der Waals surface area contributed by atoms with Crippen molar-refractivity contribution in [2.24, 2.45) is 0 Å². The molecule has 1 fully saturated rings. The molecule has 0 bridgehead atoms. The number of likely N-dealkylation sites (tertiary alicyclic amines) is 1. The summed E-state index contributed by atoms with van der Waals surface area (Å²) in [5.74, 6) is 1.70. The van der Waals surface area contributed by atoms with Gasteiger partial charge in [0.05, 0.1) is 7.11 Å². The van der Waals surface area contributed by atoms with Crippen LogP contribution in [-0.4, -0.2) is 48.2 Å². The lowest BCUT2D eigenvalue weighted by atomic mass is 10.0. The van der Waals surface area contributed by atoms with Crippen LogP contribution >= 0.6 is 11.6 Å². The molecule has 0 aliphatic carbocycles. The molecule has 1 aromatic heterocycles. The van der Waals surface area contributed by atoms with E-state index >= 15 is 0 Å². The number of ether oxygens (including phenoxy) is 1. The lowest BCUT2D eigenvalue weighted by Gasteiger charge is -2.26. The second kappa shape index (κ2) is 9.90. The highest BCUT2D eigenvalue weighted by atomic mass is 35.5. The van der Waals surface area contributed by atoms with Crippen LogP contribution in [0.3, 0.4) is 0 Å². The summed E-state index contributed by atoms with van der Waals surface area (Å²) in [6, 6.07) is 8.31. The van der Waals surface area contributed by atoms with Crippen molar-refractivity contribution in [1.82, 2.24) is 14.9 Å². The standard InChI is InChI=1S/C21H29ClN4O/c1-16-12-17(14-19(13-16)27-2)6-7-18-15-20(25-21(22)24-18)23-8-11-26-9-4-3-5-10-26/h12-15H,3-11H2,1-2H3,(H,23,24,25). The van der Waals surface area contributed by atoms with Gasteiger partial charge in [-0.15, -0.1) is 0 Å². The number of aromatic nitrogens is 2. The van der Waals surface area contributed by atoms with Gasteiger partial charge in [-0.05, 0) is 80.6 Å². The van der Waals surface area contributed by atoms with Crippen LogP contribution in [0.2, 0.25) is 5.28 Å². The van der Waals surface area contributed by atoms with Gasteiger partial charge in [-0.2, -0.15) is 0 Å². The first-order chi connectivity index (χ1) is 13.1. The fraction of sp³-hybridized carbons (Fsp3) is 0.524. The van der Waals surface area contributed by atoms with Crippen LogP contribution in [0.25, 0.3) is 0 Å². The molecule has 0 spiro atoms. The summed E-state index contributed by atoms with van der Waals surface area (Å²) in [5.41, 5.74) is 3.39. The van der Waals surface area contributed by atoms with Crippen molar-refractivity contribution in [2.45, 2.75) is 39.0 Å². The van der Waals surface area contributed by atoms with E-state index in [0.29, 0.717) is 5.28 Å². The van der Waals surface area contributed by atoms with Gasteiger partial charge in [0, 0.05) is 24.8 Å². The summed E-state index contributed by atoms with van der Waals surface area (Å²) >= 11 is 6.14. The molecule has 0 atom stereocenters. The first-order valence-corrected chi connectivity index (χ1v) is 10.1. The molecule has 1 aliphatic heterocycles. The zero-order chi connectivity index (χ0) is 19.1. The zero-order valence-corrected chi connectivity index (χ0v) is 17.1. The highest BCUT2D eigenvalue weighted by Gasteiger charge is 2.10. The maximum atomic E-state index is 6.14. The molecule has 0 saturated carbocycles. The monoisotopic (exact) mass is 388 g/mol. The van der Waals surface area contributed by atoms with Crippen LogP contribution in [0.5, 0.6) is 5.75 Å². The fourth-order valence-corrected chi connectivity index (χ4v) is 3.77. The molecule has 1 aromatic carbocycles. The number of hydrogen-bond donors (Lipinski definition) is 1. The summed E-state index contributed by atoms with van der Waals surface area (Å²) < 4.78 is 5.36. The molecule has 0 radical (unpaired) electrons. The van der Waals surface area contributed by atoms with Gasteiger partial charge in [-0.1, -0.05) is 12.5 Å². The Kier molecular flexibility index (Phi) is 7.30. The quantitative estimate of drug-likeness (QED) is 0.689. The third-order valence-electron chi connectivity index (χ3n) is 4.95. The number of halogens is 1. The van der Waals surface area contributed by atoms with Gasteiger partial charge in [0.15, 0.2) is 0 Å².